The van der Waals surface area contributed by atoms with Crippen LogP contribution in [0.2, 0.25) is 0 Å². The lowest BCUT2D eigenvalue weighted by Crippen LogP contribution is -2.41. The molecule has 2 aromatic rings. The summed E-state index contributed by atoms with van der Waals surface area (Å²) >= 11 is 3.25. The number of carbonyl (C=O) groups excluding carboxylic acids is 1. The lowest BCUT2D eigenvalue weighted by molar-refractivity contribution is 0.0945. The number of hydrazine groups is 1. The molecule has 0 atom stereocenters. The number of anilines is 1. The third-order valence-corrected chi connectivity index (χ3v) is 5.81. The maximum absolute atomic E-state index is 12.6. The van der Waals surface area contributed by atoms with Gasteiger partial charge in [-0.2, -0.15) is 0 Å². The third kappa shape index (κ3) is 5.46. The van der Waals surface area contributed by atoms with Gasteiger partial charge < -0.3 is 9.64 Å². The molecule has 0 aliphatic heterocycles. The van der Waals surface area contributed by atoms with Gasteiger partial charge in [0.05, 0.1) is 6.61 Å². The van der Waals surface area contributed by atoms with Gasteiger partial charge in [0, 0.05) is 28.8 Å². The predicted molar refractivity (Wildman–Crippen MR) is 113 cm³/mol. The second-order valence-corrected chi connectivity index (χ2v) is 8.37. The lowest BCUT2D eigenvalue weighted by atomic mass is 10.2. The molecule has 9 heteroatoms. The molecule has 2 aromatic carbocycles. The fourth-order valence-electron chi connectivity index (χ4n) is 2.62. The number of benzene rings is 2. The summed E-state index contributed by atoms with van der Waals surface area (Å²) < 4.78 is 31.2. The number of sulfonamides is 1. The van der Waals surface area contributed by atoms with E-state index in [1.807, 2.05) is 12.1 Å². The fraction of sp³-hybridized carbons (Fsp3) is 0.316. The Balaban J connectivity index is 2.12. The minimum Gasteiger partial charge on any atom is -0.492 e. The van der Waals surface area contributed by atoms with E-state index in [-0.39, 0.29) is 10.6 Å². The number of amides is 1. The van der Waals surface area contributed by atoms with Gasteiger partial charge in [-0.05, 0) is 63.2 Å². The molecule has 0 saturated carbocycles. The summed E-state index contributed by atoms with van der Waals surface area (Å²) in [5, 5.41) is 0. The van der Waals surface area contributed by atoms with Gasteiger partial charge in [-0.15, -0.1) is 4.83 Å². The molecule has 1 amide bonds. The monoisotopic (exact) mass is 469 g/mol. The van der Waals surface area contributed by atoms with Crippen LogP contribution in [-0.4, -0.2) is 34.0 Å². The summed E-state index contributed by atoms with van der Waals surface area (Å²) in [5.74, 6) is -0.348. The van der Waals surface area contributed by atoms with Crippen LogP contribution >= 0.6 is 15.9 Å². The molecule has 0 unspecified atom stereocenters. The van der Waals surface area contributed by atoms with Crippen molar-refractivity contribution in [3.05, 3.63) is 52.5 Å². The summed E-state index contributed by atoms with van der Waals surface area (Å²) in [7, 11) is -4.01. The Kier molecular flexibility index (Phi) is 7.85. The standard InChI is InChI=1S/C19H24BrN3O4S/c1-4-23(5-2)16-10-7-14(8-11-16)19(24)21-22-28(25,26)18-13-15(20)9-12-17(18)27-6-3/h7-13,22H,4-6H2,1-3H3,(H,21,24). The SMILES string of the molecule is CCOc1ccc(Br)cc1S(=O)(=O)NNC(=O)c1ccc(N(CC)CC)cc1. The molecule has 0 aromatic heterocycles. The molecular weight excluding hydrogens is 446 g/mol. The number of halogens is 1. The van der Waals surface area contributed by atoms with Gasteiger partial charge in [-0.1, -0.05) is 15.9 Å². The number of ether oxygens (including phenoxy) is 1. The summed E-state index contributed by atoms with van der Waals surface area (Å²) in [5.41, 5.74) is 3.58. The van der Waals surface area contributed by atoms with E-state index in [1.54, 1.807) is 31.2 Å². The largest absolute Gasteiger partial charge is 0.492 e. The number of nitrogens with zero attached hydrogens (tertiary/aromatic N) is 1. The van der Waals surface area contributed by atoms with E-state index in [0.717, 1.165) is 18.8 Å². The van der Waals surface area contributed by atoms with E-state index in [4.69, 9.17) is 4.74 Å². The summed E-state index contributed by atoms with van der Waals surface area (Å²) in [6.45, 7) is 7.90. The highest BCUT2D eigenvalue weighted by molar-refractivity contribution is 9.10. The zero-order valence-corrected chi connectivity index (χ0v) is 18.4. The Hall–Kier alpha value is -2.10. The summed E-state index contributed by atoms with van der Waals surface area (Å²) in [4.78, 5) is 16.5. The van der Waals surface area contributed by atoms with Crippen LogP contribution in [0.15, 0.2) is 51.8 Å². The molecule has 0 aliphatic rings. The molecule has 0 saturated heterocycles. The molecule has 28 heavy (non-hydrogen) atoms. The highest BCUT2D eigenvalue weighted by atomic mass is 79.9. The van der Waals surface area contributed by atoms with Crippen LogP contribution in [0.3, 0.4) is 0 Å². The minimum atomic E-state index is -4.01. The highest BCUT2D eigenvalue weighted by Gasteiger charge is 2.21. The molecule has 0 radical (unpaired) electrons. The number of nitrogens with one attached hydrogen (secondary N) is 2. The number of hydrogen-bond acceptors (Lipinski definition) is 5. The van der Waals surface area contributed by atoms with Crippen molar-refractivity contribution in [3.8, 4) is 5.75 Å². The first-order chi connectivity index (χ1) is 13.3. The van der Waals surface area contributed by atoms with Crippen LogP contribution in [0.5, 0.6) is 5.75 Å². The Labute approximate surface area is 174 Å². The molecule has 2 rings (SSSR count). The second kappa shape index (κ2) is 9.90. The van der Waals surface area contributed by atoms with Crippen molar-refractivity contribution in [1.82, 2.24) is 10.3 Å². The maximum Gasteiger partial charge on any atom is 0.266 e. The maximum atomic E-state index is 12.6. The quantitative estimate of drug-likeness (QED) is 0.549. The molecule has 2 N–H and O–H groups in total. The zero-order valence-electron chi connectivity index (χ0n) is 16.0. The van der Waals surface area contributed by atoms with E-state index in [1.165, 1.54) is 6.07 Å². The third-order valence-electron chi connectivity index (χ3n) is 4.05. The molecule has 152 valence electrons. The van der Waals surface area contributed by atoms with Crippen LogP contribution in [0, 0.1) is 0 Å². The van der Waals surface area contributed by atoms with Gasteiger partial charge >= 0.3 is 0 Å². The van der Waals surface area contributed by atoms with Gasteiger partial charge in [0.25, 0.3) is 15.9 Å². The van der Waals surface area contributed by atoms with E-state index in [9.17, 15) is 13.2 Å². The molecule has 0 spiro atoms. The Morgan fingerprint density at radius 1 is 1.07 bits per heavy atom. The number of rotatable bonds is 9. The van der Waals surface area contributed by atoms with Crippen LogP contribution in [-0.2, 0) is 10.0 Å². The first kappa shape index (κ1) is 22.2. The molecule has 0 bridgehead atoms. The molecule has 0 fully saturated rings. The Morgan fingerprint density at radius 2 is 1.71 bits per heavy atom. The van der Waals surface area contributed by atoms with Gasteiger partial charge in [0.15, 0.2) is 0 Å². The van der Waals surface area contributed by atoms with E-state index in [0.29, 0.717) is 16.6 Å². The Morgan fingerprint density at radius 3 is 2.29 bits per heavy atom. The van der Waals surface area contributed by atoms with Gasteiger partial charge in [0.1, 0.15) is 10.6 Å². The highest BCUT2D eigenvalue weighted by Crippen LogP contribution is 2.27. The summed E-state index contributed by atoms with van der Waals surface area (Å²) in [6.07, 6.45) is 0. The second-order valence-electron chi connectivity index (χ2n) is 5.80. The van der Waals surface area contributed by atoms with Gasteiger partial charge in [-0.25, -0.2) is 8.42 Å². The smallest absolute Gasteiger partial charge is 0.266 e. The van der Waals surface area contributed by atoms with Crippen molar-refractivity contribution in [1.29, 1.82) is 0 Å². The number of hydrogen-bond donors (Lipinski definition) is 2. The first-order valence-electron chi connectivity index (χ1n) is 8.91. The predicted octanol–water partition coefficient (Wildman–Crippen LogP) is 3.32. The van der Waals surface area contributed by atoms with Crippen molar-refractivity contribution in [2.45, 2.75) is 25.7 Å². The average molecular weight is 470 g/mol. The zero-order chi connectivity index (χ0) is 20.7. The molecule has 0 heterocycles. The van der Waals surface area contributed by atoms with Gasteiger partial charge in [0.2, 0.25) is 0 Å². The van der Waals surface area contributed by atoms with E-state index < -0.39 is 15.9 Å². The van der Waals surface area contributed by atoms with Crippen LogP contribution < -0.4 is 19.9 Å². The lowest BCUT2D eigenvalue weighted by Gasteiger charge is -2.21. The van der Waals surface area contributed by atoms with Crippen LogP contribution in [0.4, 0.5) is 5.69 Å². The molecule has 7 nitrogen and oxygen atoms in total. The number of carbonyl (C=O) groups is 1. The minimum absolute atomic E-state index is 0.0686. The topological polar surface area (TPSA) is 87.7 Å². The van der Waals surface area contributed by atoms with Crippen molar-refractivity contribution in [2.75, 3.05) is 24.6 Å². The molecule has 0 aliphatic carbocycles. The van der Waals surface area contributed by atoms with Crippen molar-refractivity contribution < 1.29 is 17.9 Å². The fourth-order valence-corrected chi connectivity index (χ4v) is 4.14. The van der Waals surface area contributed by atoms with Gasteiger partial charge in [-0.3, -0.25) is 10.2 Å². The summed E-state index contributed by atoms with van der Waals surface area (Å²) in [6, 6.07) is 11.6. The Bertz CT molecular complexity index is 913. The van der Waals surface area contributed by atoms with Crippen molar-refractivity contribution in [2.24, 2.45) is 0 Å². The van der Waals surface area contributed by atoms with E-state index in [2.05, 4.69) is 44.9 Å². The van der Waals surface area contributed by atoms with Crippen molar-refractivity contribution in [3.63, 3.8) is 0 Å². The van der Waals surface area contributed by atoms with E-state index >= 15 is 0 Å². The van der Waals surface area contributed by atoms with Crippen molar-refractivity contribution >= 4 is 37.5 Å². The normalized spacial score (nSPS) is 11.1. The molecular formula is C19H24BrN3O4S. The first-order valence-corrected chi connectivity index (χ1v) is 11.2. The van der Waals surface area contributed by atoms with Crippen LogP contribution in [0.25, 0.3) is 0 Å². The average Bonchev–Trinajstić information content (AvgIpc) is 2.69. The van der Waals surface area contributed by atoms with Crippen LogP contribution in [0.1, 0.15) is 31.1 Å².